The molecule has 17 heavy (non-hydrogen) atoms. The van der Waals surface area contributed by atoms with E-state index in [0.717, 1.165) is 12.8 Å². The van der Waals surface area contributed by atoms with Gasteiger partial charge in [-0.1, -0.05) is 20.8 Å². The summed E-state index contributed by atoms with van der Waals surface area (Å²) in [6.07, 6.45) is 1.66. The fourth-order valence-corrected chi connectivity index (χ4v) is 1.84. The van der Waals surface area contributed by atoms with Gasteiger partial charge in [0.15, 0.2) is 5.78 Å². The first kappa shape index (κ1) is 11.8. The molecule has 0 atom stereocenters. The van der Waals surface area contributed by atoms with Crippen molar-refractivity contribution in [3.8, 4) is 0 Å². The van der Waals surface area contributed by atoms with E-state index in [1.807, 2.05) is 20.8 Å². The lowest BCUT2D eigenvalue weighted by molar-refractivity contribution is 0.0803. The van der Waals surface area contributed by atoms with Crippen LogP contribution in [0.5, 0.6) is 0 Å². The van der Waals surface area contributed by atoms with Gasteiger partial charge >= 0.3 is 0 Å². The molecule has 0 aliphatic carbocycles. The molecule has 0 aliphatic heterocycles. The van der Waals surface area contributed by atoms with Crippen molar-refractivity contribution in [3.63, 3.8) is 0 Å². The summed E-state index contributed by atoms with van der Waals surface area (Å²) in [7, 11) is 0. The number of benzene rings is 1. The van der Waals surface area contributed by atoms with Crippen LogP contribution in [0.4, 0.5) is 0 Å². The first-order valence-electron chi connectivity index (χ1n) is 5.88. The van der Waals surface area contributed by atoms with Gasteiger partial charge in [0, 0.05) is 11.0 Å². The Labute approximate surface area is 100.0 Å². The summed E-state index contributed by atoms with van der Waals surface area (Å²) in [6.45, 7) is 6.08. The lowest BCUT2D eigenvalue weighted by Gasteiger charge is -2.24. The van der Waals surface area contributed by atoms with E-state index in [4.69, 9.17) is 0 Å². The van der Waals surface area contributed by atoms with E-state index in [1.54, 1.807) is 18.2 Å². The molecule has 1 aromatic heterocycles. The molecule has 1 heterocycles. The minimum atomic E-state index is -0.301. The van der Waals surface area contributed by atoms with Crippen LogP contribution in [0.15, 0.2) is 22.8 Å². The van der Waals surface area contributed by atoms with Gasteiger partial charge in [-0.3, -0.25) is 4.79 Å². The largest absolute Gasteiger partial charge is 0.294 e. The summed E-state index contributed by atoms with van der Waals surface area (Å²) in [6, 6.07) is 5.31. The van der Waals surface area contributed by atoms with Gasteiger partial charge in [0.25, 0.3) is 0 Å². The van der Waals surface area contributed by atoms with Crippen molar-refractivity contribution >= 4 is 16.8 Å². The summed E-state index contributed by atoms with van der Waals surface area (Å²) in [5.41, 5.74) is 1.69. The Morgan fingerprint density at radius 2 is 1.88 bits per heavy atom. The monoisotopic (exact) mass is 232 g/mol. The number of carbonyl (C=O) groups is 1. The third-order valence-electron chi connectivity index (χ3n) is 3.62. The van der Waals surface area contributed by atoms with E-state index in [9.17, 15) is 4.79 Å². The third-order valence-corrected chi connectivity index (χ3v) is 3.62. The van der Waals surface area contributed by atoms with Gasteiger partial charge in [0.2, 0.25) is 0 Å². The number of rotatable bonds is 4. The fourth-order valence-electron chi connectivity index (χ4n) is 1.84. The lowest BCUT2D eigenvalue weighted by atomic mass is 9.78. The Kier molecular flexibility index (Phi) is 2.96. The zero-order chi connectivity index (χ0) is 12.5. The normalized spacial score (nSPS) is 11.9. The number of aromatic nitrogens is 2. The zero-order valence-corrected chi connectivity index (χ0v) is 10.4. The molecule has 4 heteroatoms. The van der Waals surface area contributed by atoms with Gasteiger partial charge in [0.1, 0.15) is 11.0 Å². The van der Waals surface area contributed by atoms with E-state index < -0.39 is 0 Å². The first-order chi connectivity index (χ1) is 8.10. The average Bonchev–Trinajstić information content (AvgIpc) is 2.84. The molecule has 0 saturated heterocycles. The molecular formula is C13H16N2O2. The average molecular weight is 232 g/mol. The van der Waals surface area contributed by atoms with Gasteiger partial charge in [-0.05, 0) is 41.4 Å². The molecule has 2 aromatic rings. The van der Waals surface area contributed by atoms with E-state index in [0.29, 0.717) is 16.6 Å². The van der Waals surface area contributed by atoms with Crippen molar-refractivity contribution in [3.05, 3.63) is 23.8 Å². The summed E-state index contributed by atoms with van der Waals surface area (Å²) in [5.74, 6) is 0.160. The standard InChI is InChI=1S/C13H16N2O2/c1-4-13(3,5-2)12(16)9-6-7-10-11(8-9)15-17-14-10/h6-8H,4-5H2,1-3H3. The third kappa shape index (κ3) is 1.95. The summed E-state index contributed by atoms with van der Waals surface area (Å²) in [5, 5.41) is 7.48. The van der Waals surface area contributed by atoms with Gasteiger partial charge < -0.3 is 0 Å². The molecule has 0 spiro atoms. The smallest absolute Gasteiger partial charge is 0.168 e. The second-order valence-electron chi connectivity index (χ2n) is 4.56. The van der Waals surface area contributed by atoms with Crippen molar-refractivity contribution < 1.29 is 9.42 Å². The highest BCUT2D eigenvalue weighted by molar-refractivity contribution is 6.02. The first-order valence-corrected chi connectivity index (χ1v) is 5.88. The van der Waals surface area contributed by atoms with E-state index in [-0.39, 0.29) is 11.2 Å². The Balaban J connectivity index is 2.42. The van der Waals surface area contributed by atoms with Crippen LogP contribution in [0.25, 0.3) is 11.0 Å². The van der Waals surface area contributed by atoms with Crippen molar-refractivity contribution in [1.29, 1.82) is 0 Å². The molecule has 0 bridgehead atoms. The van der Waals surface area contributed by atoms with Crippen molar-refractivity contribution in [2.45, 2.75) is 33.6 Å². The maximum atomic E-state index is 12.4. The minimum Gasteiger partial charge on any atom is -0.294 e. The number of hydrogen-bond donors (Lipinski definition) is 0. The number of fused-ring (bicyclic) bond motifs is 1. The molecule has 0 amide bonds. The molecule has 0 saturated carbocycles. The van der Waals surface area contributed by atoms with E-state index in [1.165, 1.54) is 0 Å². The SMILES string of the molecule is CCC(C)(CC)C(=O)c1ccc2nonc2c1. The molecule has 1 aromatic carbocycles. The minimum absolute atomic E-state index is 0.160. The molecule has 0 radical (unpaired) electrons. The maximum Gasteiger partial charge on any atom is 0.168 e. The Bertz CT molecular complexity index is 541. The Hall–Kier alpha value is -1.71. The molecule has 0 N–H and O–H groups in total. The molecule has 0 unspecified atom stereocenters. The van der Waals surface area contributed by atoms with E-state index in [2.05, 4.69) is 14.9 Å². The number of Topliss-reactive ketones (excluding diaryl/α,β-unsaturated/α-hetero) is 1. The number of carbonyl (C=O) groups excluding carboxylic acids is 1. The molecule has 90 valence electrons. The van der Waals surface area contributed by atoms with Crippen LogP contribution >= 0.6 is 0 Å². The molecule has 0 fully saturated rings. The molecule has 2 rings (SSSR count). The van der Waals surface area contributed by atoms with Gasteiger partial charge in [-0.25, -0.2) is 4.63 Å². The predicted molar refractivity (Wildman–Crippen MR) is 64.8 cm³/mol. The van der Waals surface area contributed by atoms with Crippen molar-refractivity contribution in [1.82, 2.24) is 10.3 Å². The van der Waals surface area contributed by atoms with Crippen molar-refractivity contribution in [2.24, 2.45) is 5.41 Å². The number of nitrogens with zero attached hydrogens (tertiary/aromatic N) is 2. The van der Waals surface area contributed by atoms with Gasteiger partial charge in [-0.2, -0.15) is 0 Å². The highest BCUT2D eigenvalue weighted by atomic mass is 16.6. The predicted octanol–water partition coefficient (Wildman–Crippen LogP) is 3.23. The quantitative estimate of drug-likeness (QED) is 0.759. The van der Waals surface area contributed by atoms with Crippen LogP contribution in [-0.4, -0.2) is 16.1 Å². The van der Waals surface area contributed by atoms with E-state index >= 15 is 0 Å². The van der Waals surface area contributed by atoms with Crippen LogP contribution in [0, 0.1) is 5.41 Å². The molecular weight excluding hydrogens is 216 g/mol. The Morgan fingerprint density at radius 1 is 1.24 bits per heavy atom. The topological polar surface area (TPSA) is 56.0 Å². The summed E-state index contributed by atoms with van der Waals surface area (Å²) in [4.78, 5) is 12.4. The van der Waals surface area contributed by atoms with Crippen LogP contribution in [0.3, 0.4) is 0 Å². The second kappa shape index (κ2) is 4.28. The number of hydrogen-bond acceptors (Lipinski definition) is 4. The summed E-state index contributed by atoms with van der Waals surface area (Å²) < 4.78 is 4.63. The highest BCUT2D eigenvalue weighted by Gasteiger charge is 2.30. The highest BCUT2D eigenvalue weighted by Crippen LogP contribution is 2.30. The molecule has 4 nitrogen and oxygen atoms in total. The van der Waals surface area contributed by atoms with Gasteiger partial charge in [-0.15, -0.1) is 0 Å². The molecule has 0 aliphatic rings. The Morgan fingerprint density at radius 3 is 2.53 bits per heavy atom. The van der Waals surface area contributed by atoms with Crippen LogP contribution < -0.4 is 0 Å². The van der Waals surface area contributed by atoms with Crippen molar-refractivity contribution in [2.75, 3.05) is 0 Å². The van der Waals surface area contributed by atoms with Crippen LogP contribution in [0.2, 0.25) is 0 Å². The second-order valence-corrected chi connectivity index (χ2v) is 4.56. The van der Waals surface area contributed by atoms with Gasteiger partial charge in [0.05, 0.1) is 0 Å². The lowest BCUT2D eigenvalue weighted by Crippen LogP contribution is -2.26. The van der Waals surface area contributed by atoms with Crippen LogP contribution in [-0.2, 0) is 0 Å². The van der Waals surface area contributed by atoms with Crippen LogP contribution in [0.1, 0.15) is 44.0 Å². The summed E-state index contributed by atoms with van der Waals surface area (Å²) >= 11 is 0. The zero-order valence-electron chi connectivity index (χ0n) is 10.4. The maximum absolute atomic E-state index is 12.4. The fraction of sp³-hybridized carbons (Fsp3) is 0.462. The number of ketones is 1.